The van der Waals surface area contributed by atoms with Crippen LogP contribution in [0.2, 0.25) is 0 Å². The van der Waals surface area contributed by atoms with Crippen LogP contribution < -0.4 is 5.32 Å². The number of rotatable bonds is 15. The van der Waals surface area contributed by atoms with Crippen LogP contribution in [-0.2, 0) is 0 Å². The highest BCUT2D eigenvalue weighted by Gasteiger charge is 2.24. The second-order valence-corrected chi connectivity index (χ2v) is 7.48. The molecule has 0 aromatic carbocycles. The second kappa shape index (κ2) is 14.2. The predicted octanol–water partition coefficient (Wildman–Crippen LogP) is 4.55. The molecule has 3 N–H and O–H groups in total. The van der Waals surface area contributed by atoms with Crippen molar-refractivity contribution in [2.24, 2.45) is 0 Å². The second-order valence-electron chi connectivity index (χ2n) is 7.48. The van der Waals surface area contributed by atoms with Crippen LogP contribution in [0, 0.1) is 0 Å². The first kappa shape index (κ1) is 20.9. The quantitative estimate of drug-likeness (QED) is 0.387. The van der Waals surface area contributed by atoms with Crippen LogP contribution in [0.15, 0.2) is 0 Å². The van der Waals surface area contributed by atoms with Gasteiger partial charge in [0.15, 0.2) is 0 Å². The molecule has 1 heterocycles. The van der Waals surface area contributed by atoms with Crippen molar-refractivity contribution >= 4 is 0 Å². The lowest BCUT2D eigenvalue weighted by Gasteiger charge is -2.21. The maximum Gasteiger partial charge on any atom is 0.0717 e. The van der Waals surface area contributed by atoms with E-state index in [-0.39, 0.29) is 18.2 Å². The normalized spacial score (nSPS) is 20.7. The van der Waals surface area contributed by atoms with Gasteiger partial charge in [0.05, 0.1) is 12.2 Å². The minimum Gasteiger partial charge on any atom is -0.393 e. The van der Waals surface area contributed by atoms with Crippen molar-refractivity contribution in [3.05, 3.63) is 0 Å². The third-order valence-electron chi connectivity index (χ3n) is 5.22. The van der Waals surface area contributed by atoms with Gasteiger partial charge in [0.2, 0.25) is 0 Å². The molecule has 0 radical (unpaired) electrons. The maximum atomic E-state index is 10.1. The number of unbranched alkanes of at least 4 members (excludes halogenated alkanes) is 10. The van der Waals surface area contributed by atoms with Gasteiger partial charge >= 0.3 is 0 Å². The third kappa shape index (κ3) is 11.1. The Morgan fingerprint density at radius 3 is 1.96 bits per heavy atom. The molecule has 0 spiro atoms. The average molecular weight is 328 g/mol. The first-order valence-electron chi connectivity index (χ1n) is 10.3. The molecule has 3 nitrogen and oxygen atoms in total. The standard InChI is InChI=1S/C20H41NO2/c1-2-3-4-5-6-7-8-9-10-11-12-14-18(22)17-20(23)19-15-13-16-21-19/h18-23H,2-17H2,1H3/t18-,19-,20-/m0/s1. The van der Waals surface area contributed by atoms with Crippen LogP contribution in [0.25, 0.3) is 0 Å². The summed E-state index contributed by atoms with van der Waals surface area (Å²) in [4.78, 5) is 0. The molecule has 0 aromatic heterocycles. The number of aliphatic hydroxyl groups is 2. The molecular formula is C20H41NO2. The zero-order chi connectivity index (χ0) is 16.8. The Balaban J connectivity index is 1.83. The van der Waals surface area contributed by atoms with Gasteiger partial charge in [-0.3, -0.25) is 0 Å². The van der Waals surface area contributed by atoms with Crippen LogP contribution in [0.3, 0.4) is 0 Å². The van der Waals surface area contributed by atoms with E-state index in [4.69, 9.17) is 0 Å². The summed E-state index contributed by atoms with van der Waals surface area (Å²) < 4.78 is 0. The fourth-order valence-electron chi connectivity index (χ4n) is 3.64. The van der Waals surface area contributed by atoms with Crippen molar-refractivity contribution in [1.29, 1.82) is 0 Å². The third-order valence-corrected chi connectivity index (χ3v) is 5.22. The van der Waals surface area contributed by atoms with E-state index in [1.54, 1.807) is 0 Å². The molecule has 0 unspecified atom stereocenters. The Bertz CT molecular complexity index is 254. The highest BCUT2D eigenvalue weighted by atomic mass is 16.3. The summed E-state index contributed by atoms with van der Waals surface area (Å²) in [6.07, 6.45) is 17.6. The average Bonchev–Trinajstić information content (AvgIpc) is 3.07. The summed E-state index contributed by atoms with van der Waals surface area (Å²) in [7, 11) is 0. The predicted molar refractivity (Wildman–Crippen MR) is 98.7 cm³/mol. The Morgan fingerprint density at radius 2 is 1.43 bits per heavy atom. The molecule has 1 aliphatic heterocycles. The molecule has 0 bridgehead atoms. The van der Waals surface area contributed by atoms with Gasteiger partial charge in [-0.1, -0.05) is 77.6 Å². The highest BCUT2D eigenvalue weighted by molar-refractivity contribution is 4.82. The molecule has 138 valence electrons. The van der Waals surface area contributed by atoms with E-state index in [2.05, 4.69) is 12.2 Å². The van der Waals surface area contributed by atoms with Gasteiger partial charge < -0.3 is 15.5 Å². The zero-order valence-corrected chi connectivity index (χ0v) is 15.4. The number of hydrogen-bond donors (Lipinski definition) is 3. The number of nitrogens with one attached hydrogen (secondary N) is 1. The van der Waals surface area contributed by atoms with Gasteiger partial charge in [-0.05, 0) is 25.8 Å². The smallest absolute Gasteiger partial charge is 0.0717 e. The maximum absolute atomic E-state index is 10.1. The van der Waals surface area contributed by atoms with E-state index in [0.29, 0.717) is 6.42 Å². The Hall–Kier alpha value is -0.120. The van der Waals surface area contributed by atoms with Gasteiger partial charge in [0.25, 0.3) is 0 Å². The SMILES string of the molecule is CCCCCCCCCCCCC[C@H](O)C[C@H](O)[C@@H]1CCCN1. The lowest BCUT2D eigenvalue weighted by Crippen LogP contribution is -2.37. The van der Waals surface area contributed by atoms with E-state index in [1.807, 2.05) is 0 Å². The zero-order valence-electron chi connectivity index (χ0n) is 15.4. The van der Waals surface area contributed by atoms with Crippen molar-refractivity contribution < 1.29 is 10.2 Å². The van der Waals surface area contributed by atoms with Gasteiger partial charge in [0, 0.05) is 12.5 Å². The summed E-state index contributed by atoms with van der Waals surface area (Å²) in [5.74, 6) is 0. The molecule has 0 saturated carbocycles. The molecule has 1 rings (SSSR count). The van der Waals surface area contributed by atoms with Crippen molar-refractivity contribution in [3.63, 3.8) is 0 Å². The van der Waals surface area contributed by atoms with Crippen LogP contribution in [-0.4, -0.2) is 35.0 Å². The highest BCUT2D eigenvalue weighted by Crippen LogP contribution is 2.17. The number of aliphatic hydroxyl groups excluding tert-OH is 2. The molecule has 1 saturated heterocycles. The van der Waals surface area contributed by atoms with Crippen LogP contribution in [0.5, 0.6) is 0 Å². The molecule has 23 heavy (non-hydrogen) atoms. The van der Waals surface area contributed by atoms with Crippen molar-refractivity contribution in [1.82, 2.24) is 5.32 Å². The monoisotopic (exact) mass is 327 g/mol. The topological polar surface area (TPSA) is 52.5 Å². The van der Waals surface area contributed by atoms with Gasteiger partial charge in [0.1, 0.15) is 0 Å². The summed E-state index contributed by atoms with van der Waals surface area (Å²) in [5.41, 5.74) is 0. The molecule has 3 heteroatoms. The lowest BCUT2D eigenvalue weighted by molar-refractivity contribution is 0.0557. The van der Waals surface area contributed by atoms with E-state index in [1.165, 1.54) is 64.2 Å². The molecular weight excluding hydrogens is 286 g/mol. The molecule has 3 atom stereocenters. The summed E-state index contributed by atoms with van der Waals surface area (Å²) in [6.45, 7) is 3.28. The van der Waals surface area contributed by atoms with Gasteiger partial charge in [-0.2, -0.15) is 0 Å². The van der Waals surface area contributed by atoms with E-state index < -0.39 is 0 Å². The Labute approximate surface area is 144 Å². The van der Waals surface area contributed by atoms with Crippen LogP contribution in [0.4, 0.5) is 0 Å². The molecule has 0 aliphatic carbocycles. The van der Waals surface area contributed by atoms with E-state index in [9.17, 15) is 10.2 Å². The fraction of sp³-hybridized carbons (Fsp3) is 1.00. The van der Waals surface area contributed by atoms with E-state index >= 15 is 0 Å². The van der Waals surface area contributed by atoms with Crippen molar-refractivity contribution in [2.75, 3.05) is 6.54 Å². The minimum absolute atomic E-state index is 0.210. The van der Waals surface area contributed by atoms with E-state index in [0.717, 1.165) is 32.2 Å². The van der Waals surface area contributed by atoms with Gasteiger partial charge in [-0.25, -0.2) is 0 Å². The fourth-order valence-corrected chi connectivity index (χ4v) is 3.64. The lowest BCUT2D eigenvalue weighted by atomic mass is 9.99. The van der Waals surface area contributed by atoms with Crippen LogP contribution >= 0.6 is 0 Å². The van der Waals surface area contributed by atoms with Gasteiger partial charge in [-0.15, -0.1) is 0 Å². The Morgan fingerprint density at radius 1 is 0.870 bits per heavy atom. The minimum atomic E-state index is -0.375. The summed E-state index contributed by atoms with van der Waals surface area (Å²) >= 11 is 0. The Kier molecular flexibility index (Phi) is 13.0. The van der Waals surface area contributed by atoms with Crippen molar-refractivity contribution in [2.45, 2.75) is 121 Å². The molecule has 1 aliphatic rings. The first-order valence-corrected chi connectivity index (χ1v) is 10.3. The number of hydrogen-bond acceptors (Lipinski definition) is 3. The van der Waals surface area contributed by atoms with Crippen LogP contribution in [0.1, 0.15) is 103 Å². The molecule has 0 amide bonds. The van der Waals surface area contributed by atoms with Crippen molar-refractivity contribution in [3.8, 4) is 0 Å². The molecule has 1 fully saturated rings. The summed E-state index contributed by atoms with van der Waals surface area (Å²) in [6, 6.07) is 0.210. The molecule has 0 aromatic rings. The largest absolute Gasteiger partial charge is 0.393 e. The first-order chi connectivity index (χ1) is 11.2. The summed E-state index contributed by atoms with van der Waals surface area (Å²) in [5, 5.41) is 23.4.